The summed E-state index contributed by atoms with van der Waals surface area (Å²) in [6.45, 7) is 2.42. The molecule has 0 aromatic rings. The van der Waals surface area contributed by atoms with Gasteiger partial charge >= 0.3 is 11.9 Å². The highest BCUT2D eigenvalue weighted by molar-refractivity contribution is 5.70. The number of hydrogen-bond acceptors (Lipinski definition) is 15. The van der Waals surface area contributed by atoms with Crippen LogP contribution < -0.4 is 0 Å². The van der Waals surface area contributed by atoms with Gasteiger partial charge in [-0.3, -0.25) is 9.59 Å². The zero-order chi connectivity index (χ0) is 54.6. The molecule has 2 heterocycles. The normalized spacial score (nSPS) is 25.0. The molecular weight excluding hydrogens is 961 g/mol. The molecule has 0 aliphatic carbocycles. The Morgan fingerprint density at radius 1 is 0.440 bits per heavy atom. The molecule has 2 saturated heterocycles. The maximum atomic E-state index is 13.0. The predicted octanol–water partition coefficient (Wildman–Crippen LogP) is 9.77. The number of allylic oxidation sites excluding steroid dienone is 12. The third-order valence-electron chi connectivity index (χ3n) is 13.5. The lowest BCUT2D eigenvalue weighted by atomic mass is 9.98. The van der Waals surface area contributed by atoms with Crippen LogP contribution in [0.15, 0.2) is 72.9 Å². The van der Waals surface area contributed by atoms with Gasteiger partial charge in [-0.2, -0.15) is 0 Å². The summed E-state index contributed by atoms with van der Waals surface area (Å²) < 4.78 is 33.6. The van der Waals surface area contributed by atoms with Crippen LogP contribution in [0.25, 0.3) is 0 Å². The van der Waals surface area contributed by atoms with Gasteiger partial charge < -0.3 is 64.2 Å². The molecule has 15 heteroatoms. The molecule has 11 atom stereocenters. The Labute approximate surface area is 451 Å². The van der Waals surface area contributed by atoms with Gasteiger partial charge in [0.05, 0.1) is 19.8 Å². The molecule has 0 saturated carbocycles. The second-order valence-corrected chi connectivity index (χ2v) is 20.1. The monoisotopic (exact) mass is 1060 g/mol. The van der Waals surface area contributed by atoms with E-state index < -0.39 is 99.3 Å². The molecule has 0 radical (unpaired) electrons. The third-order valence-corrected chi connectivity index (χ3v) is 13.5. The number of carbonyl (C=O) groups is 2. The van der Waals surface area contributed by atoms with Gasteiger partial charge in [0.25, 0.3) is 0 Å². The van der Waals surface area contributed by atoms with E-state index in [1.165, 1.54) is 103 Å². The van der Waals surface area contributed by atoms with Gasteiger partial charge in [0, 0.05) is 12.8 Å². The average molecular weight is 1060 g/mol. The van der Waals surface area contributed by atoms with Gasteiger partial charge in [0.15, 0.2) is 18.7 Å². The summed E-state index contributed by atoms with van der Waals surface area (Å²) >= 11 is 0. The largest absolute Gasteiger partial charge is 0.462 e. The molecular formula is C60H102O15. The predicted molar refractivity (Wildman–Crippen MR) is 293 cm³/mol. The number of ether oxygens (including phenoxy) is 6. The van der Waals surface area contributed by atoms with Crippen molar-refractivity contribution in [2.24, 2.45) is 0 Å². The Hall–Kier alpha value is -3.06. The molecule has 4 unspecified atom stereocenters. The van der Waals surface area contributed by atoms with Crippen molar-refractivity contribution in [3.63, 3.8) is 0 Å². The first-order chi connectivity index (χ1) is 36.5. The summed E-state index contributed by atoms with van der Waals surface area (Å²) in [7, 11) is 0. The number of aliphatic hydroxyl groups is 7. The summed E-state index contributed by atoms with van der Waals surface area (Å²) in [4.78, 5) is 25.9. The van der Waals surface area contributed by atoms with Gasteiger partial charge in [-0.25, -0.2) is 0 Å². The van der Waals surface area contributed by atoms with Crippen molar-refractivity contribution in [3.8, 4) is 0 Å². The standard InChI is InChI=1S/C60H102O15/c1-3-5-7-9-11-13-15-17-19-21-23-25-26-28-30-32-34-36-38-40-42-51(62)70-45-48(73-52(63)43-41-39-37-35-33-31-29-27-24-22-20-18-16-14-12-10-8-6-4-2)46-71-59-58(69)56(67)54(65)50(75-59)47-72-60-57(68)55(66)53(64)49(44-61)74-60/h6,8,12,14,18,20,24,27,31,33,37,39,48-50,53-61,64-69H,3-5,7,9-11,13,15-17,19,21-23,25-26,28-30,32,34-36,38,40-47H2,1-2H3/b8-6+,14-12+,20-18+,27-24+,33-31+,39-37+/t48-,49+,50+,53-,54-,55?,56?,57?,58?,59+,60+/m0/s1. The van der Waals surface area contributed by atoms with E-state index in [1.807, 2.05) is 12.2 Å². The molecule has 432 valence electrons. The van der Waals surface area contributed by atoms with E-state index in [0.717, 1.165) is 51.4 Å². The van der Waals surface area contributed by atoms with Crippen LogP contribution in [0.1, 0.15) is 200 Å². The Kier molecular flexibility index (Phi) is 41.7. The molecule has 0 amide bonds. The Morgan fingerprint density at radius 3 is 1.29 bits per heavy atom. The first kappa shape index (κ1) is 68.0. The van der Waals surface area contributed by atoms with E-state index in [-0.39, 0.29) is 19.4 Å². The maximum Gasteiger partial charge on any atom is 0.306 e. The highest BCUT2D eigenvalue weighted by Gasteiger charge is 2.47. The fourth-order valence-electron chi connectivity index (χ4n) is 8.77. The first-order valence-electron chi connectivity index (χ1n) is 29.0. The average Bonchev–Trinajstić information content (AvgIpc) is 3.40. The van der Waals surface area contributed by atoms with Crippen LogP contribution in [0.5, 0.6) is 0 Å². The lowest BCUT2D eigenvalue weighted by molar-refractivity contribution is -0.332. The van der Waals surface area contributed by atoms with Gasteiger partial charge in [0.2, 0.25) is 0 Å². The molecule has 75 heavy (non-hydrogen) atoms. The molecule has 2 fully saturated rings. The number of aliphatic hydroxyl groups excluding tert-OH is 7. The molecule has 0 spiro atoms. The van der Waals surface area contributed by atoms with E-state index in [2.05, 4.69) is 74.6 Å². The number of unbranched alkanes of at least 4 members (excludes halogenated alkanes) is 19. The van der Waals surface area contributed by atoms with E-state index in [4.69, 9.17) is 28.4 Å². The molecule has 0 bridgehead atoms. The van der Waals surface area contributed by atoms with E-state index in [1.54, 1.807) is 0 Å². The topological polar surface area (TPSA) is 231 Å². The van der Waals surface area contributed by atoms with Crippen molar-refractivity contribution in [3.05, 3.63) is 72.9 Å². The molecule has 15 nitrogen and oxygen atoms in total. The Balaban J connectivity index is 1.78. The summed E-state index contributed by atoms with van der Waals surface area (Å²) in [6.07, 6.45) is 39.4. The van der Waals surface area contributed by atoms with E-state index in [0.29, 0.717) is 19.3 Å². The third kappa shape index (κ3) is 33.1. The maximum absolute atomic E-state index is 13.0. The molecule has 0 aromatic carbocycles. The number of rotatable bonds is 45. The van der Waals surface area contributed by atoms with E-state index in [9.17, 15) is 45.3 Å². The van der Waals surface area contributed by atoms with Gasteiger partial charge in [-0.1, -0.05) is 209 Å². The molecule has 2 aliphatic rings. The lowest BCUT2D eigenvalue weighted by Crippen LogP contribution is -2.61. The highest BCUT2D eigenvalue weighted by atomic mass is 16.7. The minimum absolute atomic E-state index is 0.0385. The van der Waals surface area contributed by atoms with Gasteiger partial charge in [-0.05, 0) is 51.4 Å². The summed E-state index contributed by atoms with van der Waals surface area (Å²) in [6, 6.07) is 0. The number of hydrogen-bond donors (Lipinski definition) is 7. The molecule has 2 rings (SSSR count). The number of esters is 2. The van der Waals surface area contributed by atoms with Gasteiger partial charge in [-0.15, -0.1) is 0 Å². The first-order valence-corrected chi connectivity index (χ1v) is 29.0. The molecule has 2 aliphatic heterocycles. The van der Waals surface area contributed by atoms with Crippen molar-refractivity contribution in [1.82, 2.24) is 0 Å². The molecule has 7 N–H and O–H groups in total. The minimum atomic E-state index is -1.78. The van der Waals surface area contributed by atoms with Crippen molar-refractivity contribution in [2.45, 2.75) is 268 Å². The van der Waals surface area contributed by atoms with Crippen molar-refractivity contribution >= 4 is 11.9 Å². The zero-order valence-electron chi connectivity index (χ0n) is 46.0. The van der Waals surface area contributed by atoms with Gasteiger partial charge in [0.1, 0.15) is 55.4 Å². The Morgan fingerprint density at radius 2 is 0.840 bits per heavy atom. The zero-order valence-corrected chi connectivity index (χ0v) is 46.0. The van der Waals surface area contributed by atoms with Crippen molar-refractivity contribution < 1.29 is 73.8 Å². The second-order valence-electron chi connectivity index (χ2n) is 20.1. The van der Waals surface area contributed by atoms with Crippen molar-refractivity contribution in [1.29, 1.82) is 0 Å². The van der Waals surface area contributed by atoms with E-state index >= 15 is 0 Å². The molecule has 0 aromatic heterocycles. The van der Waals surface area contributed by atoms with Crippen LogP contribution in [0.2, 0.25) is 0 Å². The van der Waals surface area contributed by atoms with Crippen LogP contribution in [-0.4, -0.2) is 142 Å². The SMILES string of the molecule is CC/C=C/C/C=C/C/C=C/C/C=C/C/C=C/C/C=C/CCC(=O)O[C@@H](COC(=O)CCCCCCCCCCCCCCCCCCCCCC)CO[C@@H]1O[C@H](CO[C@@H]2O[C@H](CO)[C@H](O)C(O)C2O)[C@H](O)C(O)C1O. The Bertz CT molecular complexity index is 1580. The van der Waals surface area contributed by atoms with Crippen LogP contribution in [0.3, 0.4) is 0 Å². The van der Waals surface area contributed by atoms with Crippen LogP contribution in [-0.2, 0) is 38.0 Å². The van der Waals surface area contributed by atoms with Crippen LogP contribution >= 0.6 is 0 Å². The smallest absolute Gasteiger partial charge is 0.306 e. The quantitative estimate of drug-likeness (QED) is 0.0171. The summed E-state index contributed by atoms with van der Waals surface area (Å²) in [5, 5.41) is 72.3. The summed E-state index contributed by atoms with van der Waals surface area (Å²) in [5.41, 5.74) is 0. The second kappa shape index (κ2) is 45.9. The van der Waals surface area contributed by atoms with Crippen LogP contribution in [0, 0.1) is 0 Å². The lowest BCUT2D eigenvalue weighted by Gasteiger charge is -2.42. The highest BCUT2D eigenvalue weighted by Crippen LogP contribution is 2.27. The number of carbonyl (C=O) groups excluding carboxylic acids is 2. The van der Waals surface area contributed by atoms with Crippen molar-refractivity contribution in [2.75, 3.05) is 26.4 Å². The summed E-state index contributed by atoms with van der Waals surface area (Å²) in [5.74, 6) is -1.02. The fraction of sp³-hybridized carbons (Fsp3) is 0.767. The minimum Gasteiger partial charge on any atom is -0.462 e. The van der Waals surface area contributed by atoms with Crippen LogP contribution in [0.4, 0.5) is 0 Å². The fourth-order valence-corrected chi connectivity index (χ4v) is 8.77.